The summed E-state index contributed by atoms with van der Waals surface area (Å²) in [5, 5.41) is 9.10. The van der Waals surface area contributed by atoms with Crippen LogP contribution in [0.15, 0.2) is 54.6 Å². The molecule has 2 aromatic rings. The van der Waals surface area contributed by atoms with Gasteiger partial charge in [-0.3, -0.25) is 4.79 Å². The van der Waals surface area contributed by atoms with Crippen LogP contribution < -0.4 is 0 Å². The standard InChI is InChI=1S/C20H19N3O/c21-14-22-12-18-9-10-23(19(18)13-22)20(24)17-8-4-7-16(11-17)15-5-2-1-3-6-15/h1-8,11,18-19H,9-10,12-13H2/t18-,19+/m1/s1. The summed E-state index contributed by atoms with van der Waals surface area (Å²) in [6.07, 6.45) is 3.21. The first-order valence-corrected chi connectivity index (χ1v) is 8.37. The van der Waals surface area contributed by atoms with Gasteiger partial charge in [0.1, 0.15) is 0 Å². The average molecular weight is 317 g/mol. The van der Waals surface area contributed by atoms with E-state index in [-0.39, 0.29) is 11.9 Å². The number of fused-ring (bicyclic) bond motifs is 1. The van der Waals surface area contributed by atoms with Crippen molar-refractivity contribution in [3.05, 3.63) is 60.2 Å². The molecule has 2 heterocycles. The van der Waals surface area contributed by atoms with Gasteiger partial charge >= 0.3 is 0 Å². The summed E-state index contributed by atoms with van der Waals surface area (Å²) in [5.74, 6) is 0.519. The lowest BCUT2D eigenvalue weighted by atomic mass is 10.0. The zero-order valence-corrected chi connectivity index (χ0v) is 13.4. The maximum Gasteiger partial charge on any atom is 0.254 e. The second-order valence-electron chi connectivity index (χ2n) is 6.57. The molecule has 0 aliphatic carbocycles. The fraction of sp³-hybridized carbons (Fsp3) is 0.300. The smallest absolute Gasteiger partial charge is 0.254 e. The Morgan fingerprint density at radius 3 is 2.62 bits per heavy atom. The van der Waals surface area contributed by atoms with Crippen LogP contribution in [0.3, 0.4) is 0 Å². The Labute approximate surface area is 141 Å². The van der Waals surface area contributed by atoms with Gasteiger partial charge in [0.2, 0.25) is 0 Å². The van der Waals surface area contributed by atoms with Crippen molar-refractivity contribution in [1.82, 2.24) is 9.80 Å². The van der Waals surface area contributed by atoms with Crippen LogP contribution in [0.2, 0.25) is 0 Å². The molecule has 1 amide bonds. The van der Waals surface area contributed by atoms with Crippen molar-refractivity contribution in [2.45, 2.75) is 12.5 Å². The lowest BCUT2D eigenvalue weighted by Gasteiger charge is -2.24. The highest BCUT2D eigenvalue weighted by atomic mass is 16.2. The SMILES string of the molecule is N#CN1C[C@H]2CCN(C(=O)c3cccc(-c4ccccc4)c3)[C@H]2C1. The molecule has 0 bridgehead atoms. The Morgan fingerprint density at radius 2 is 1.83 bits per heavy atom. The number of likely N-dealkylation sites (tertiary alicyclic amines) is 2. The summed E-state index contributed by atoms with van der Waals surface area (Å²) in [6, 6.07) is 18.1. The number of nitriles is 1. The van der Waals surface area contributed by atoms with Gasteiger partial charge in [0.05, 0.1) is 6.04 Å². The molecule has 2 aliphatic heterocycles. The van der Waals surface area contributed by atoms with E-state index in [9.17, 15) is 4.79 Å². The van der Waals surface area contributed by atoms with Gasteiger partial charge < -0.3 is 9.80 Å². The molecule has 2 atom stereocenters. The van der Waals surface area contributed by atoms with Crippen molar-refractivity contribution in [2.24, 2.45) is 5.92 Å². The van der Waals surface area contributed by atoms with Crippen LogP contribution in [0.5, 0.6) is 0 Å². The van der Waals surface area contributed by atoms with E-state index in [0.29, 0.717) is 12.5 Å². The molecule has 4 nitrogen and oxygen atoms in total. The molecule has 0 radical (unpaired) electrons. The topological polar surface area (TPSA) is 47.3 Å². The van der Waals surface area contributed by atoms with Crippen molar-refractivity contribution in [1.29, 1.82) is 5.26 Å². The van der Waals surface area contributed by atoms with Crippen LogP contribution in [0.25, 0.3) is 11.1 Å². The zero-order chi connectivity index (χ0) is 16.5. The minimum Gasteiger partial charge on any atom is -0.333 e. The van der Waals surface area contributed by atoms with E-state index in [4.69, 9.17) is 5.26 Å². The highest BCUT2D eigenvalue weighted by Gasteiger charge is 2.43. The molecule has 2 fully saturated rings. The first-order valence-electron chi connectivity index (χ1n) is 8.37. The van der Waals surface area contributed by atoms with Crippen LogP contribution in [0.1, 0.15) is 16.8 Å². The van der Waals surface area contributed by atoms with Crippen LogP contribution in [0, 0.1) is 17.4 Å². The second kappa shape index (κ2) is 6.01. The maximum absolute atomic E-state index is 13.0. The Balaban J connectivity index is 1.58. The lowest BCUT2D eigenvalue weighted by molar-refractivity contribution is 0.0731. The van der Waals surface area contributed by atoms with Gasteiger partial charge in [0.25, 0.3) is 5.91 Å². The Hall–Kier alpha value is -2.80. The summed E-state index contributed by atoms with van der Waals surface area (Å²) < 4.78 is 0. The summed E-state index contributed by atoms with van der Waals surface area (Å²) in [7, 11) is 0. The summed E-state index contributed by atoms with van der Waals surface area (Å²) >= 11 is 0. The van der Waals surface area contributed by atoms with Crippen molar-refractivity contribution >= 4 is 5.91 Å². The number of benzene rings is 2. The molecule has 4 heteroatoms. The van der Waals surface area contributed by atoms with Crippen LogP contribution in [0.4, 0.5) is 0 Å². The Kier molecular flexibility index (Phi) is 3.70. The highest BCUT2D eigenvalue weighted by Crippen LogP contribution is 2.32. The predicted octanol–water partition coefficient (Wildman–Crippen LogP) is 2.98. The quantitative estimate of drug-likeness (QED) is 0.800. The molecule has 0 unspecified atom stereocenters. The van der Waals surface area contributed by atoms with Crippen molar-refractivity contribution in [2.75, 3.05) is 19.6 Å². The molecule has 4 rings (SSSR count). The molecule has 24 heavy (non-hydrogen) atoms. The molecule has 2 aliphatic rings. The summed E-state index contributed by atoms with van der Waals surface area (Å²) in [5.41, 5.74) is 2.90. The second-order valence-corrected chi connectivity index (χ2v) is 6.57. The number of hydrogen-bond donors (Lipinski definition) is 0. The highest BCUT2D eigenvalue weighted by molar-refractivity contribution is 5.96. The van der Waals surface area contributed by atoms with Gasteiger partial charge in [-0.1, -0.05) is 42.5 Å². The van der Waals surface area contributed by atoms with Crippen molar-refractivity contribution in [3.8, 4) is 17.3 Å². The molecule has 0 saturated carbocycles. The van der Waals surface area contributed by atoms with Crippen molar-refractivity contribution < 1.29 is 4.79 Å². The molecule has 2 aromatic carbocycles. The fourth-order valence-corrected chi connectivity index (χ4v) is 3.92. The van der Waals surface area contributed by atoms with E-state index >= 15 is 0 Å². The van der Waals surface area contributed by atoms with E-state index in [1.165, 1.54) is 0 Å². The lowest BCUT2D eigenvalue weighted by Crippen LogP contribution is -2.39. The molecule has 2 saturated heterocycles. The monoisotopic (exact) mass is 317 g/mol. The molecular formula is C20H19N3O. The van der Waals surface area contributed by atoms with E-state index in [1.807, 2.05) is 47.4 Å². The number of rotatable bonds is 2. The van der Waals surface area contributed by atoms with E-state index in [1.54, 1.807) is 4.90 Å². The minimum absolute atomic E-state index is 0.0834. The van der Waals surface area contributed by atoms with E-state index in [2.05, 4.69) is 18.3 Å². The number of nitrogens with zero attached hydrogens (tertiary/aromatic N) is 3. The van der Waals surface area contributed by atoms with Gasteiger partial charge in [-0.25, -0.2) is 0 Å². The van der Waals surface area contributed by atoms with Gasteiger partial charge in [-0.05, 0) is 29.7 Å². The first kappa shape index (κ1) is 14.8. The summed E-state index contributed by atoms with van der Waals surface area (Å²) in [6.45, 7) is 2.25. The fourth-order valence-electron chi connectivity index (χ4n) is 3.92. The van der Waals surface area contributed by atoms with Gasteiger partial charge in [0.15, 0.2) is 6.19 Å². The molecule has 0 aromatic heterocycles. The third kappa shape index (κ3) is 2.52. The summed E-state index contributed by atoms with van der Waals surface area (Å²) in [4.78, 5) is 16.7. The molecule has 120 valence electrons. The van der Waals surface area contributed by atoms with Gasteiger partial charge in [-0.15, -0.1) is 0 Å². The number of amides is 1. The Morgan fingerprint density at radius 1 is 1.04 bits per heavy atom. The van der Waals surface area contributed by atoms with Crippen molar-refractivity contribution in [3.63, 3.8) is 0 Å². The average Bonchev–Trinajstić information content (AvgIpc) is 3.22. The minimum atomic E-state index is 0.0834. The number of hydrogen-bond acceptors (Lipinski definition) is 3. The molecule has 0 spiro atoms. The number of carbonyl (C=O) groups excluding carboxylic acids is 1. The van der Waals surface area contributed by atoms with Crippen LogP contribution >= 0.6 is 0 Å². The normalized spacial score (nSPS) is 22.3. The zero-order valence-electron chi connectivity index (χ0n) is 13.4. The Bertz CT molecular complexity index is 796. The number of carbonyl (C=O) groups is 1. The largest absolute Gasteiger partial charge is 0.333 e. The van der Waals surface area contributed by atoms with E-state index < -0.39 is 0 Å². The van der Waals surface area contributed by atoms with E-state index in [0.717, 1.165) is 36.2 Å². The van der Waals surface area contributed by atoms with Gasteiger partial charge in [0, 0.05) is 31.1 Å². The third-order valence-corrected chi connectivity index (χ3v) is 5.17. The molecule has 0 N–H and O–H groups in total. The van der Waals surface area contributed by atoms with Crippen LogP contribution in [-0.2, 0) is 0 Å². The van der Waals surface area contributed by atoms with Gasteiger partial charge in [-0.2, -0.15) is 5.26 Å². The predicted molar refractivity (Wildman–Crippen MR) is 92.0 cm³/mol. The molecular weight excluding hydrogens is 298 g/mol. The van der Waals surface area contributed by atoms with Crippen LogP contribution in [-0.4, -0.2) is 41.4 Å². The third-order valence-electron chi connectivity index (χ3n) is 5.17. The first-order chi connectivity index (χ1) is 11.8. The maximum atomic E-state index is 13.0.